The maximum absolute atomic E-state index is 13.2. The average Bonchev–Trinajstić information content (AvgIpc) is 3.32. The van der Waals surface area contributed by atoms with Gasteiger partial charge in [0.25, 0.3) is 17.7 Å². The molecule has 0 bridgehead atoms. The highest BCUT2D eigenvalue weighted by molar-refractivity contribution is 7.90. The summed E-state index contributed by atoms with van der Waals surface area (Å²) in [6, 6.07) is 12.1. The van der Waals surface area contributed by atoms with Crippen LogP contribution in [0.3, 0.4) is 0 Å². The fourth-order valence-electron chi connectivity index (χ4n) is 4.95. The summed E-state index contributed by atoms with van der Waals surface area (Å²) in [5.41, 5.74) is 3.31. The van der Waals surface area contributed by atoms with Crippen molar-refractivity contribution in [3.05, 3.63) is 74.6 Å². The molecule has 0 unspecified atom stereocenters. The highest BCUT2D eigenvalue weighted by atomic mass is 35.5. The molecule has 1 fully saturated rings. The summed E-state index contributed by atoms with van der Waals surface area (Å²) >= 11 is 7.77. The Kier molecular flexibility index (Phi) is 9.40. The Bertz CT molecular complexity index is 1660. The first kappa shape index (κ1) is 31.0. The van der Waals surface area contributed by atoms with Crippen LogP contribution in [-0.4, -0.2) is 94.3 Å². The van der Waals surface area contributed by atoms with E-state index in [0.717, 1.165) is 35.3 Å². The number of nitrogens with zero attached hydrogens (tertiary/aromatic N) is 2. The zero-order valence-electron chi connectivity index (χ0n) is 23.9. The molecule has 5 rings (SSSR count). The Morgan fingerprint density at radius 2 is 1.72 bits per heavy atom. The van der Waals surface area contributed by atoms with E-state index in [-0.39, 0.29) is 30.7 Å². The van der Waals surface area contributed by atoms with Crippen molar-refractivity contribution in [2.75, 3.05) is 58.4 Å². The SMILES string of the molecule is CN1CCN(C(=O)c2ccc(Cl)c(CNC(=O)c3cc4c(s3)-c3ccc(C(=O)NCCS(C)(=O)=O)cc3OCC4)c2)CC1. The van der Waals surface area contributed by atoms with E-state index in [1.165, 1.54) is 11.3 Å². The average molecular weight is 645 g/mol. The molecule has 0 atom stereocenters. The largest absolute Gasteiger partial charge is 0.493 e. The molecule has 3 heterocycles. The van der Waals surface area contributed by atoms with E-state index < -0.39 is 15.7 Å². The molecule has 2 aromatic carbocycles. The number of thiophene rings is 1. The maximum Gasteiger partial charge on any atom is 0.261 e. The minimum absolute atomic E-state index is 0.0191. The van der Waals surface area contributed by atoms with Gasteiger partial charge in [0.2, 0.25) is 0 Å². The van der Waals surface area contributed by atoms with Gasteiger partial charge >= 0.3 is 0 Å². The van der Waals surface area contributed by atoms with Gasteiger partial charge in [-0.15, -0.1) is 11.3 Å². The minimum Gasteiger partial charge on any atom is -0.493 e. The van der Waals surface area contributed by atoms with Crippen molar-refractivity contribution in [3.63, 3.8) is 0 Å². The number of piperazine rings is 1. The summed E-state index contributed by atoms with van der Waals surface area (Å²) in [4.78, 5) is 44.2. The van der Waals surface area contributed by atoms with Crippen molar-refractivity contribution >= 4 is 50.5 Å². The molecule has 3 aromatic rings. The fraction of sp³-hybridized carbons (Fsp3) is 0.367. The number of carbonyl (C=O) groups is 3. The van der Waals surface area contributed by atoms with Crippen LogP contribution in [0.25, 0.3) is 10.4 Å². The molecule has 1 saturated heterocycles. The summed E-state index contributed by atoms with van der Waals surface area (Å²) in [5.74, 6) is -0.310. The number of likely N-dealkylation sites (N-methyl/N-ethyl adjacent to an activating group) is 1. The van der Waals surface area contributed by atoms with Crippen LogP contribution < -0.4 is 15.4 Å². The monoisotopic (exact) mass is 644 g/mol. The first-order valence-corrected chi connectivity index (χ1v) is 17.1. The molecule has 2 N–H and O–H groups in total. The molecule has 2 aliphatic rings. The van der Waals surface area contributed by atoms with Gasteiger partial charge in [0.15, 0.2) is 0 Å². The molecule has 43 heavy (non-hydrogen) atoms. The van der Waals surface area contributed by atoms with Crippen molar-refractivity contribution in [2.45, 2.75) is 13.0 Å². The second-order valence-electron chi connectivity index (χ2n) is 10.7. The van der Waals surface area contributed by atoms with Crippen LogP contribution in [0, 0.1) is 0 Å². The van der Waals surface area contributed by atoms with Crippen molar-refractivity contribution in [3.8, 4) is 16.2 Å². The molecular formula is C30H33ClN4O6S2. The van der Waals surface area contributed by atoms with Gasteiger partial charge in [0.05, 0.1) is 17.2 Å². The zero-order chi connectivity index (χ0) is 30.7. The fourth-order valence-corrected chi connectivity index (χ4v) is 6.76. The number of nitrogens with one attached hydrogen (secondary N) is 2. The van der Waals surface area contributed by atoms with Crippen LogP contribution in [0.15, 0.2) is 42.5 Å². The Hall–Kier alpha value is -3.45. The van der Waals surface area contributed by atoms with E-state index in [1.807, 2.05) is 18.0 Å². The van der Waals surface area contributed by atoms with Gasteiger partial charge in [-0.25, -0.2) is 8.42 Å². The van der Waals surface area contributed by atoms with Gasteiger partial charge in [-0.2, -0.15) is 0 Å². The third-order valence-electron chi connectivity index (χ3n) is 7.43. The molecule has 3 amide bonds. The molecule has 0 saturated carbocycles. The number of carbonyl (C=O) groups excluding carboxylic acids is 3. The molecule has 1 aromatic heterocycles. The predicted octanol–water partition coefficient (Wildman–Crippen LogP) is 3.10. The second kappa shape index (κ2) is 13.0. The number of halogens is 1. The Balaban J connectivity index is 1.26. The van der Waals surface area contributed by atoms with Crippen LogP contribution in [0.2, 0.25) is 5.02 Å². The van der Waals surface area contributed by atoms with Crippen molar-refractivity contribution < 1.29 is 27.5 Å². The number of sulfone groups is 1. The van der Waals surface area contributed by atoms with E-state index in [2.05, 4.69) is 15.5 Å². The predicted molar refractivity (Wildman–Crippen MR) is 167 cm³/mol. The summed E-state index contributed by atoms with van der Waals surface area (Å²) in [5, 5.41) is 6.03. The Morgan fingerprint density at radius 3 is 2.47 bits per heavy atom. The van der Waals surface area contributed by atoms with Crippen molar-refractivity contribution in [2.24, 2.45) is 0 Å². The van der Waals surface area contributed by atoms with Crippen LogP contribution in [-0.2, 0) is 22.8 Å². The van der Waals surface area contributed by atoms with Crippen LogP contribution in [0.5, 0.6) is 5.75 Å². The Morgan fingerprint density at radius 1 is 0.977 bits per heavy atom. The van der Waals surface area contributed by atoms with E-state index in [0.29, 0.717) is 58.5 Å². The van der Waals surface area contributed by atoms with Crippen molar-refractivity contribution in [1.82, 2.24) is 20.4 Å². The number of hydrogen-bond donors (Lipinski definition) is 2. The second-order valence-corrected chi connectivity index (χ2v) is 14.5. The van der Waals surface area contributed by atoms with Gasteiger partial charge in [0, 0.05) is 78.5 Å². The van der Waals surface area contributed by atoms with Crippen molar-refractivity contribution in [1.29, 1.82) is 0 Å². The lowest BCUT2D eigenvalue weighted by atomic mass is 10.0. The van der Waals surface area contributed by atoms with E-state index >= 15 is 0 Å². The highest BCUT2D eigenvalue weighted by Gasteiger charge is 2.24. The number of amides is 3. The van der Waals surface area contributed by atoms with Gasteiger partial charge in [0.1, 0.15) is 15.6 Å². The number of rotatable bonds is 8. The van der Waals surface area contributed by atoms with E-state index in [4.69, 9.17) is 16.3 Å². The third-order valence-corrected chi connectivity index (χ3v) is 9.95. The molecule has 228 valence electrons. The first-order valence-electron chi connectivity index (χ1n) is 13.9. The van der Waals surface area contributed by atoms with Gasteiger partial charge in [-0.05, 0) is 60.6 Å². The highest BCUT2D eigenvalue weighted by Crippen LogP contribution is 2.41. The summed E-state index contributed by atoms with van der Waals surface area (Å²) in [6.45, 7) is 3.55. The maximum atomic E-state index is 13.2. The molecule has 0 aliphatic carbocycles. The number of benzene rings is 2. The minimum atomic E-state index is -3.19. The number of ether oxygens (including phenoxy) is 1. The lowest BCUT2D eigenvalue weighted by molar-refractivity contribution is 0.0663. The summed E-state index contributed by atoms with van der Waals surface area (Å²) in [6.07, 6.45) is 1.71. The number of hydrogen-bond acceptors (Lipinski definition) is 8. The Labute approximate surface area is 259 Å². The lowest BCUT2D eigenvalue weighted by Crippen LogP contribution is -2.47. The lowest BCUT2D eigenvalue weighted by Gasteiger charge is -2.32. The van der Waals surface area contributed by atoms with Crippen LogP contribution in [0.4, 0.5) is 0 Å². The molecular weight excluding hydrogens is 612 g/mol. The summed E-state index contributed by atoms with van der Waals surface area (Å²) < 4.78 is 28.6. The van der Waals surface area contributed by atoms with Crippen LogP contribution in [0.1, 0.15) is 41.5 Å². The standard InChI is InChI=1S/C30H33ClN4O6S2/c1-34-9-11-35(12-10-34)30(38)21-4-6-24(31)22(15-21)18-33-29(37)26-17-19-7-13-41-25-16-20(3-5-23(25)27(19)42-26)28(36)32-8-14-43(2,39)40/h3-6,15-17H,7-14,18H2,1-2H3,(H,32,36)(H,33,37). The zero-order valence-corrected chi connectivity index (χ0v) is 26.3. The first-order chi connectivity index (χ1) is 20.5. The van der Waals surface area contributed by atoms with Gasteiger partial charge < -0.3 is 25.2 Å². The van der Waals surface area contributed by atoms with Crippen LogP contribution >= 0.6 is 22.9 Å². The van der Waals surface area contributed by atoms with Gasteiger partial charge in [-0.3, -0.25) is 14.4 Å². The quantitative estimate of drug-likeness (QED) is 0.386. The molecule has 2 aliphatic heterocycles. The molecule has 10 nitrogen and oxygen atoms in total. The normalized spacial score (nSPS) is 15.1. The smallest absolute Gasteiger partial charge is 0.261 e. The number of fused-ring (bicyclic) bond motifs is 3. The molecule has 13 heteroatoms. The van der Waals surface area contributed by atoms with E-state index in [1.54, 1.807) is 36.4 Å². The third kappa shape index (κ3) is 7.56. The molecule has 0 spiro atoms. The topological polar surface area (TPSA) is 125 Å². The summed E-state index contributed by atoms with van der Waals surface area (Å²) in [7, 11) is -1.15. The van der Waals surface area contributed by atoms with E-state index in [9.17, 15) is 22.8 Å². The van der Waals surface area contributed by atoms with Gasteiger partial charge in [-0.1, -0.05) is 11.6 Å². The molecule has 0 radical (unpaired) electrons.